The third kappa shape index (κ3) is 4.38. The van der Waals surface area contributed by atoms with Crippen LogP contribution in [0.4, 0.5) is 0 Å². The fraction of sp³-hybridized carbons (Fsp3) is 0.517. The van der Waals surface area contributed by atoms with E-state index in [9.17, 15) is 8.42 Å². The summed E-state index contributed by atoms with van der Waals surface area (Å²) in [6.07, 6.45) is 11.2. The molecule has 1 saturated carbocycles. The minimum atomic E-state index is -3.18. The summed E-state index contributed by atoms with van der Waals surface area (Å²) in [5.74, 6) is 1.59. The molecule has 4 aliphatic rings. The highest BCUT2D eigenvalue weighted by Gasteiger charge is 2.40. The van der Waals surface area contributed by atoms with Gasteiger partial charge in [0.15, 0.2) is 0 Å². The molecule has 2 saturated heterocycles. The first-order valence-corrected chi connectivity index (χ1v) is 14.7. The molecule has 6 rings (SSSR count). The Labute approximate surface area is 204 Å². The number of allylic oxidation sites excluding steroid dienone is 1. The molecule has 2 unspecified atom stereocenters. The van der Waals surface area contributed by atoms with E-state index in [2.05, 4.69) is 59.5 Å². The maximum absolute atomic E-state index is 12.7. The van der Waals surface area contributed by atoms with Crippen molar-refractivity contribution in [2.75, 3.05) is 31.9 Å². The van der Waals surface area contributed by atoms with Gasteiger partial charge in [-0.2, -0.15) is 0 Å². The van der Waals surface area contributed by atoms with Crippen LogP contribution >= 0.6 is 0 Å². The molecule has 0 aromatic heterocycles. The van der Waals surface area contributed by atoms with E-state index in [1.54, 1.807) is 4.31 Å². The number of sulfonamides is 1. The lowest BCUT2D eigenvalue weighted by molar-refractivity contribution is 0.106. The first-order valence-electron chi connectivity index (χ1n) is 13.1. The quantitative estimate of drug-likeness (QED) is 0.517. The van der Waals surface area contributed by atoms with Gasteiger partial charge in [-0.1, -0.05) is 67.1 Å². The van der Waals surface area contributed by atoms with E-state index in [0.29, 0.717) is 36.9 Å². The van der Waals surface area contributed by atoms with Crippen LogP contribution in [0.2, 0.25) is 0 Å². The predicted octanol–water partition coefficient (Wildman–Crippen LogP) is 4.73. The summed E-state index contributed by atoms with van der Waals surface area (Å²) < 4.78 is 27.2. The van der Waals surface area contributed by atoms with E-state index < -0.39 is 10.0 Å². The van der Waals surface area contributed by atoms with Crippen molar-refractivity contribution in [2.24, 2.45) is 5.92 Å². The molecule has 0 spiro atoms. The van der Waals surface area contributed by atoms with Crippen LogP contribution in [-0.4, -0.2) is 55.6 Å². The third-order valence-electron chi connectivity index (χ3n) is 8.70. The van der Waals surface area contributed by atoms with Crippen molar-refractivity contribution in [3.8, 4) is 0 Å². The summed E-state index contributed by atoms with van der Waals surface area (Å²) in [6, 6.07) is 18.5. The van der Waals surface area contributed by atoms with E-state index in [-0.39, 0.29) is 5.75 Å². The van der Waals surface area contributed by atoms with Gasteiger partial charge in [-0.25, -0.2) is 12.7 Å². The number of hydrogen-bond acceptors (Lipinski definition) is 3. The lowest BCUT2D eigenvalue weighted by atomic mass is 9.85. The number of likely N-dealkylation sites (tertiary alicyclic amines) is 1. The molecule has 5 heteroatoms. The molecule has 0 radical (unpaired) electrons. The molecule has 2 aromatic carbocycles. The summed E-state index contributed by atoms with van der Waals surface area (Å²) in [6.45, 7) is 3.69. The van der Waals surface area contributed by atoms with Crippen molar-refractivity contribution in [2.45, 2.75) is 56.4 Å². The highest BCUT2D eigenvalue weighted by atomic mass is 32.2. The van der Waals surface area contributed by atoms with Crippen LogP contribution in [-0.2, 0) is 22.9 Å². The van der Waals surface area contributed by atoms with Crippen LogP contribution in [0.5, 0.6) is 0 Å². The number of hydrogen-bond donors (Lipinski definition) is 0. The molecule has 2 aliphatic carbocycles. The molecule has 2 aromatic rings. The Morgan fingerprint density at radius 2 is 1.76 bits per heavy atom. The maximum Gasteiger partial charge on any atom is 0.217 e. The largest absolute Gasteiger partial charge is 0.299 e. The Kier molecular flexibility index (Phi) is 6.13. The third-order valence-corrected chi connectivity index (χ3v) is 10.4. The van der Waals surface area contributed by atoms with Gasteiger partial charge in [0.2, 0.25) is 10.0 Å². The highest BCUT2D eigenvalue weighted by Crippen LogP contribution is 2.42. The van der Waals surface area contributed by atoms with Gasteiger partial charge < -0.3 is 0 Å². The minimum Gasteiger partial charge on any atom is -0.299 e. The first-order chi connectivity index (χ1) is 16.6. The molecule has 0 N–H and O–H groups in total. The van der Waals surface area contributed by atoms with Crippen molar-refractivity contribution >= 4 is 10.0 Å². The van der Waals surface area contributed by atoms with E-state index in [1.807, 2.05) is 6.08 Å². The van der Waals surface area contributed by atoms with E-state index in [0.717, 1.165) is 12.8 Å². The predicted molar refractivity (Wildman–Crippen MR) is 138 cm³/mol. The van der Waals surface area contributed by atoms with E-state index in [1.165, 1.54) is 61.0 Å². The van der Waals surface area contributed by atoms with Crippen molar-refractivity contribution in [3.63, 3.8) is 0 Å². The summed E-state index contributed by atoms with van der Waals surface area (Å²) in [4.78, 5) is 2.67. The van der Waals surface area contributed by atoms with Crippen LogP contribution in [0.1, 0.15) is 59.8 Å². The highest BCUT2D eigenvalue weighted by molar-refractivity contribution is 7.89. The topological polar surface area (TPSA) is 40.6 Å². The average molecular weight is 477 g/mol. The normalized spacial score (nSPS) is 26.2. The second-order valence-corrected chi connectivity index (χ2v) is 12.8. The molecule has 4 nitrogen and oxygen atoms in total. The fourth-order valence-electron chi connectivity index (χ4n) is 6.13. The Balaban J connectivity index is 1.15. The average Bonchev–Trinajstić information content (AvgIpc) is 3.05. The summed E-state index contributed by atoms with van der Waals surface area (Å²) in [5, 5.41) is 0. The maximum atomic E-state index is 12.7. The molecule has 180 valence electrons. The van der Waals surface area contributed by atoms with Crippen molar-refractivity contribution in [1.82, 2.24) is 9.21 Å². The standard InChI is InChI=1S/C29H36N2O2S/c32-34(33,16-5-11-22-9-4-10-22)31-20-26(21-31)24-12-13-25-19-29(30-14-6-15-30)28(27(25)18-24)17-23-7-2-1-3-8-23/h1-3,5,7-8,11-13,18,22,26,28-29H,4,6,9-10,14-17,19-21H2. The van der Waals surface area contributed by atoms with Gasteiger partial charge in [-0.15, -0.1) is 0 Å². The fourth-order valence-corrected chi connectivity index (χ4v) is 7.51. The molecule has 3 fully saturated rings. The monoisotopic (exact) mass is 476 g/mol. The summed E-state index contributed by atoms with van der Waals surface area (Å²) >= 11 is 0. The van der Waals surface area contributed by atoms with Gasteiger partial charge >= 0.3 is 0 Å². The van der Waals surface area contributed by atoms with Crippen LogP contribution < -0.4 is 0 Å². The first kappa shape index (κ1) is 22.5. The van der Waals surface area contributed by atoms with Gasteiger partial charge in [0, 0.05) is 31.0 Å². The smallest absolute Gasteiger partial charge is 0.217 e. The Hall–Kier alpha value is -1.95. The molecule has 2 atom stereocenters. The number of fused-ring (bicyclic) bond motifs is 1. The Morgan fingerprint density at radius 1 is 0.971 bits per heavy atom. The number of rotatable bonds is 8. The molecular weight excluding hydrogens is 440 g/mol. The lowest BCUT2D eigenvalue weighted by Crippen LogP contribution is -2.49. The van der Waals surface area contributed by atoms with Gasteiger partial charge in [-0.05, 0) is 73.4 Å². The molecule has 2 heterocycles. The lowest BCUT2D eigenvalue weighted by Gasteiger charge is -2.40. The zero-order valence-corrected chi connectivity index (χ0v) is 20.8. The van der Waals surface area contributed by atoms with Gasteiger partial charge in [0.25, 0.3) is 0 Å². The minimum absolute atomic E-state index is 0.150. The second-order valence-electron chi connectivity index (χ2n) is 10.8. The molecule has 0 bridgehead atoms. The number of benzene rings is 2. The van der Waals surface area contributed by atoms with Gasteiger partial charge in [0.1, 0.15) is 0 Å². The van der Waals surface area contributed by atoms with Crippen LogP contribution in [0.15, 0.2) is 60.7 Å². The summed E-state index contributed by atoms with van der Waals surface area (Å²) in [5.41, 5.74) is 5.72. The SMILES string of the molecule is O=S(=O)(CC=CC1CCC1)N1CC(c2ccc3c(c2)C(Cc2ccccc2)C(N2CCC2)C3)C1. The van der Waals surface area contributed by atoms with Gasteiger partial charge in [0.05, 0.1) is 5.75 Å². The van der Waals surface area contributed by atoms with Crippen molar-refractivity contribution in [1.29, 1.82) is 0 Å². The molecular formula is C29H36N2O2S. The zero-order chi connectivity index (χ0) is 23.1. The van der Waals surface area contributed by atoms with Crippen LogP contribution in [0, 0.1) is 5.92 Å². The van der Waals surface area contributed by atoms with Crippen LogP contribution in [0.3, 0.4) is 0 Å². The van der Waals surface area contributed by atoms with Gasteiger partial charge in [-0.3, -0.25) is 4.90 Å². The van der Waals surface area contributed by atoms with Crippen molar-refractivity contribution in [3.05, 3.63) is 82.9 Å². The number of nitrogens with zero attached hydrogens (tertiary/aromatic N) is 2. The second kappa shape index (κ2) is 9.25. The Bertz CT molecular complexity index is 1150. The van der Waals surface area contributed by atoms with Crippen LogP contribution in [0.25, 0.3) is 0 Å². The Morgan fingerprint density at radius 3 is 2.44 bits per heavy atom. The molecule has 2 aliphatic heterocycles. The summed E-state index contributed by atoms with van der Waals surface area (Å²) in [7, 11) is -3.18. The molecule has 0 amide bonds. The van der Waals surface area contributed by atoms with Crippen molar-refractivity contribution < 1.29 is 8.42 Å². The van der Waals surface area contributed by atoms with E-state index in [4.69, 9.17) is 0 Å². The molecule has 34 heavy (non-hydrogen) atoms. The van der Waals surface area contributed by atoms with E-state index >= 15 is 0 Å². The zero-order valence-electron chi connectivity index (χ0n) is 20.0.